The van der Waals surface area contributed by atoms with Gasteiger partial charge in [0.25, 0.3) is 0 Å². The van der Waals surface area contributed by atoms with Crippen molar-refractivity contribution in [3.63, 3.8) is 0 Å². The molecule has 0 radical (unpaired) electrons. The second-order valence-electron chi connectivity index (χ2n) is 2.95. The Bertz CT molecular complexity index is 457. The Morgan fingerprint density at radius 3 is 3.12 bits per heavy atom. The van der Waals surface area contributed by atoms with E-state index >= 15 is 0 Å². The van der Waals surface area contributed by atoms with Crippen LogP contribution in [-0.2, 0) is 4.74 Å². The van der Waals surface area contributed by atoms with E-state index in [1.807, 2.05) is 12.1 Å². The molecule has 2 heterocycles. The SMILES string of the molecule is COCCNc1nc(-c2ccc(Br)s2)no1. The molecule has 2 rings (SSSR count). The number of nitrogens with one attached hydrogen (secondary N) is 1. The highest BCUT2D eigenvalue weighted by Gasteiger charge is 2.09. The van der Waals surface area contributed by atoms with Gasteiger partial charge in [0.1, 0.15) is 0 Å². The van der Waals surface area contributed by atoms with Crippen molar-refractivity contribution >= 4 is 33.3 Å². The fourth-order valence-electron chi connectivity index (χ4n) is 1.09. The second kappa shape index (κ2) is 5.42. The summed E-state index contributed by atoms with van der Waals surface area (Å²) in [5.41, 5.74) is 0. The van der Waals surface area contributed by atoms with E-state index in [2.05, 4.69) is 31.4 Å². The van der Waals surface area contributed by atoms with Crippen molar-refractivity contribution < 1.29 is 9.26 Å². The minimum atomic E-state index is 0.413. The number of hydrogen-bond acceptors (Lipinski definition) is 6. The molecule has 2 aromatic rings. The van der Waals surface area contributed by atoms with E-state index in [-0.39, 0.29) is 0 Å². The molecule has 0 aromatic carbocycles. The van der Waals surface area contributed by atoms with E-state index in [4.69, 9.17) is 9.26 Å². The van der Waals surface area contributed by atoms with Gasteiger partial charge < -0.3 is 14.6 Å². The Hall–Kier alpha value is -0.920. The molecule has 0 unspecified atom stereocenters. The molecule has 0 saturated carbocycles. The van der Waals surface area contributed by atoms with Gasteiger partial charge in [-0.05, 0) is 28.1 Å². The number of ether oxygens (including phenoxy) is 1. The minimum absolute atomic E-state index is 0.413. The summed E-state index contributed by atoms with van der Waals surface area (Å²) >= 11 is 4.95. The number of thiophene rings is 1. The van der Waals surface area contributed by atoms with Gasteiger partial charge in [-0.1, -0.05) is 5.16 Å². The Kier molecular flexibility index (Phi) is 3.92. The molecular formula is C9H10BrN3O2S. The van der Waals surface area contributed by atoms with Crippen LogP contribution >= 0.6 is 27.3 Å². The highest BCUT2D eigenvalue weighted by atomic mass is 79.9. The predicted molar refractivity (Wildman–Crippen MR) is 65.7 cm³/mol. The molecule has 0 aliphatic heterocycles. The van der Waals surface area contributed by atoms with Crippen LogP contribution in [0.15, 0.2) is 20.4 Å². The van der Waals surface area contributed by atoms with Gasteiger partial charge in [0, 0.05) is 13.7 Å². The zero-order valence-electron chi connectivity index (χ0n) is 8.57. The van der Waals surface area contributed by atoms with Crippen molar-refractivity contribution in [3.8, 4) is 10.7 Å². The van der Waals surface area contributed by atoms with Crippen LogP contribution in [0.25, 0.3) is 10.7 Å². The molecule has 7 heteroatoms. The van der Waals surface area contributed by atoms with Crippen LogP contribution in [-0.4, -0.2) is 30.4 Å². The normalized spacial score (nSPS) is 10.6. The third kappa shape index (κ3) is 2.81. The quantitative estimate of drug-likeness (QED) is 0.860. The highest BCUT2D eigenvalue weighted by molar-refractivity contribution is 9.11. The zero-order valence-corrected chi connectivity index (χ0v) is 11.0. The van der Waals surface area contributed by atoms with Gasteiger partial charge in [-0.2, -0.15) is 4.98 Å². The molecule has 0 amide bonds. The van der Waals surface area contributed by atoms with E-state index in [1.165, 1.54) is 0 Å². The molecular weight excluding hydrogens is 294 g/mol. The molecule has 0 aliphatic rings. The molecule has 1 N–H and O–H groups in total. The average molecular weight is 304 g/mol. The molecule has 0 bridgehead atoms. The third-order valence-electron chi connectivity index (χ3n) is 1.80. The molecule has 0 aliphatic carbocycles. The van der Waals surface area contributed by atoms with Crippen LogP contribution in [0.5, 0.6) is 0 Å². The fraction of sp³-hybridized carbons (Fsp3) is 0.333. The smallest absolute Gasteiger partial charge is 0.321 e. The van der Waals surface area contributed by atoms with Gasteiger partial charge in [-0.3, -0.25) is 0 Å². The van der Waals surface area contributed by atoms with Crippen LogP contribution in [0.4, 0.5) is 6.01 Å². The van der Waals surface area contributed by atoms with E-state index in [9.17, 15) is 0 Å². The summed E-state index contributed by atoms with van der Waals surface area (Å²) in [5, 5.41) is 6.85. The zero-order chi connectivity index (χ0) is 11.4. The summed E-state index contributed by atoms with van der Waals surface area (Å²) in [4.78, 5) is 5.18. The summed E-state index contributed by atoms with van der Waals surface area (Å²) in [5.74, 6) is 0.593. The van der Waals surface area contributed by atoms with Crippen molar-refractivity contribution in [3.05, 3.63) is 15.9 Å². The first kappa shape index (κ1) is 11.6. The number of hydrogen-bond donors (Lipinski definition) is 1. The summed E-state index contributed by atoms with van der Waals surface area (Å²) < 4.78 is 11.0. The number of halogens is 1. The summed E-state index contributed by atoms with van der Waals surface area (Å²) in [6, 6.07) is 4.31. The molecule has 5 nitrogen and oxygen atoms in total. The summed E-state index contributed by atoms with van der Waals surface area (Å²) in [7, 11) is 1.64. The molecule has 16 heavy (non-hydrogen) atoms. The maximum absolute atomic E-state index is 5.04. The van der Waals surface area contributed by atoms with Crippen LogP contribution < -0.4 is 5.32 Å². The van der Waals surface area contributed by atoms with E-state index in [0.29, 0.717) is 25.0 Å². The van der Waals surface area contributed by atoms with Gasteiger partial charge in [0.15, 0.2) is 0 Å². The number of anilines is 1. The molecule has 0 fully saturated rings. The fourth-order valence-corrected chi connectivity index (χ4v) is 2.40. The van der Waals surface area contributed by atoms with Gasteiger partial charge in [-0.25, -0.2) is 0 Å². The van der Waals surface area contributed by atoms with E-state index in [0.717, 1.165) is 8.66 Å². The monoisotopic (exact) mass is 303 g/mol. The lowest BCUT2D eigenvalue weighted by Crippen LogP contribution is -2.07. The predicted octanol–water partition coefficient (Wildman–Crippen LogP) is 2.62. The Morgan fingerprint density at radius 1 is 1.56 bits per heavy atom. The lowest BCUT2D eigenvalue weighted by molar-refractivity contribution is 0.210. The minimum Gasteiger partial charge on any atom is -0.383 e. The topological polar surface area (TPSA) is 60.2 Å². The van der Waals surface area contributed by atoms with Crippen molar-refractivity contribution in [2.45, 2.75) is 0 Å². The number of methoxy groups -OCH3 is 1. The lowest BCUT2D eigenvalue weighted by Gasteiger charge is -1.97. The molecule has 0 spiro atoms. The van der Waals surface area contributed by atoms with Crippen molar-refractivity contribution in [1.82, 2.24) is 10.1 Å². The summed E-state index contributed by atoms with van der Waals surface area (Å²) in [6.07, 6.45) is 0. The largest absolute Gasteiger partial charge is 0.383 e. The molecule has 0 atom stereocenters. The van der Waals surface area contributed by atoms with E-state index < -0.39 is 0 Å². The van der Waals surface area contributed by atoms with Crippen LogP contribution in [0.3, 0.4) is 0 Å². The molecule has 86 valence electrons. The lowest BCUT2D eigenvalue weighted by atomic mass is 10.4. The Labute approximate surface area is 105 Å². The Morgan fingerprint density at radius 2 is 2.44 bits per heavy atom. The van der Waals surface area contributed by atoms with Crippen molar-refractivity contribution in [2.75, 3.05) is 25.6 Å². The van der Waals surface area contributed by atoms with Crippen LogP contribution in [0, 0.1) is 0 Å². The molecule has 0 saturated heterocycles. The maximum Gasteiger partial charge on any atom is 0.321 e. The number of aromatic nitrogens is 2. The van der Waals surface area contributed by atoms with Crippen molar-refractivity contribution in [1.29, 1.82) is 0 Å². The van der Waals surface area contributed by atoms with E-state index in [1.54, 1.807) is 18.4 Å². The first-order valence-corrected chi connectivity index (χ1v) is 6.23. The van der Waals surface area contributed by atoms with Gasteiger partial charge in [0.2, 0.25) is 5.82 Å². The number of nitrogens with zero attached hydrogens (tertiary/aromatic N) is 2. The van der Waals surface area contributed by atoms with Crippen LogP contribution in [0.2, 0.25) is 0 Å². The number of rotatable bonds is 5. The van der Waals surface area contributed by atoms with Gasteiger partial charge >= 0.3 is 6.01 Å². The Balaban J connectivity index is 2.02. The van der Waals surface area contributed by atoms with Crippen LogP contribution in [0.1, 0.15) is 0 Å². The maximum atomic E-state index is 5.04. The van der Waals surface area contributed by atoms with Crippen molar-refractivity contribution in [2.24, 2.45) is 0 Å². The standard InChI is InChI=1S/C9H10BrN3O2S/c1-14-5-4-11-9-12-8(13-15-9)6-2-3-7(10)16-6/h2-3H,4-5H2,1H3,(H,11,12,13). The molecule has 2 aromatic heterocycles. The average Bonchev–Trinajstić information content (AvgIpc) is 2.87. The summed E-state index contributed by atoms with van der Waals surface area (Å²) in [6.45, 7) is 1.24. The first-order chi connectivity index (χ1) is 7.79. The second-order valence-corrected chi connectivity index (χ2v) is 5.41. The third-order valence-corrected chi connectivity index (χ3v) is 3.42. The highest BCUT2D eigenvalue weighted by Crippen LogP contribution is 2.29. The first-order valence-electron chi connectivity index (χ1n) is 4.62. The van der Waals surface area contributed by atoms with Gasteiger partial charge in [0.05, 0.1) is 15.3 Å². The van der Waals surface area contributed by atoms with Gasteiger partial charge in [-0.15, -0.1) is 11.3 Å².